The van der Waals surface area contributed by atoms with Crippen molar-refractivity contribution in [3.8, 4) is 21.9 Å². The normalized spacial score (nSPS) is 12.4. The van der Waals surface area contributed by atoms with E-state index < -0.39 is 5.91 Å². The number of primary amides is 1. The summed E-state index contributed by atoms with van der Waals surface area (Å²) in [6.07, 6.45) is 0. The van der Waals surface area contributed by atoms with Crippen molar-refractivity contribution in [2.45, 2.75) is 0 Å². The Balaban J connectivity index is 1.56. The van der Waals surface area contributed by atoms with Gasteiger partial charge >= 0.3 is 0 Å². The molecule has 0 bridgehead atoms. The van der Waals surface area contributed by atoms with E-state index in [0.29, 0.717) is 29.5 Å². The van der Waals surface area contributed by atoms with Crippen LogP contribution in [-0.4, -0.2) is 25.0 Å². The lowest BCUT2D eigenvalue weighted by molar-refractivity contribution is 0.100. The maximum Gasteiger partial charge on any atom is 0.265 e. The number of rotatable bonds is 4. The van der Waals surface area contributed by atoms with Crippen LogP contribution in [0, 0.1) is 0 Å². The van der Waals surface area contributed by atoms with Crippen molar-refractivity contribution in [2.75, 3.05) is 18.5 Å². The molecule has 136 valence electrons. The van der Waals surface area contributed by atoms with Gasteiger partial charge in [0.05, 0.1) is 16.1 Å². The Morgan fingerprint density at radius 3 is 2.56 bits per heavy atom. The number of para-hydroxylation sites is 1. The molecule has 4 rings (SSSR count). The van der Waals surface area contributed by atoms with Crippen LogP contribution in [0.2, 0.25) is 0 Å². The van der Waals surface area contributed by atoms with Crippen LogP contribution in [0.25, 0.3) is 10.4 Å². The van der Waals surface area contributed by atoms with Crippen molar-refractivity contribution in [1.29, 1.82) is 0 Å². The molecule has 27 heavy (non-hydrogen) atoms. The SMILES string of the molecule is NC(=O)c1ccccc1NC(=O)c1ccc(-c2ccc3c(c2)OCCO3)s1. The molecule has 0 saturated heterocycles. The molecule has 0 unspecified atom stereocenters. The number of hydrogen-bond acceptors (Lipinski definition) is 5. The number of hydrogen-bond donors (Lipinski definition) is 2. The summed E-state index contributed by atoms with van der Waals surface area (Å²) in [6, 6.07) is 16.0. The molecule has 2 amide bonds. The molecule has 7 heteroatoms. The van der Waals surface area contributed by atoms with E-state index in [1.165, 1.54) is 11.3 Å². The topological polar surface area (TPSA) is 90.7 Å². The second-order valence-corrected chi connectivity index (χ2v) is 6.97. The smallest absolute Gasteiger partial charge is 0.265 e. The second kappa shape index (κ2) is 7.13. The number of thiophene rings is 1. The number of carbonyl (C=O) groups is 2. The molecule has 2 heterocycles. The third-order valence-electron chi connectivity index (χ3n) is 4.10. The highest BCUT2D eigenvalue weighted by molar-refractivity contribution is 7.17. The zero-order chi connectivity index (χ0) is 18.8. The zero-order valence-corrected chi connectivity index (χ0v) is 15.0. The molecule has 3 N–H and O–H groups in total. The molecule has 0 radical (unpaired) electrons. The Bertz CT molecular complexity index is 1030. The lowest BCUT2D eigenvalue weighted by Crippen LogP contribution is -2.17. The van der Waals surface area contributed by atoms with Crippen LogP contribution >= 0.6 is 11.3 Å². The Morgan fingerprint density at radius 2 is 1.74 bits per heavy atom. The van der Waals surface area contributed by atoms with Gasteiger partial charge in [-0.2, -0.15) is 0 Å². The highest BCUT2D eigenvalue weighted by Crippen LogP contribution is 2.37. The Hall–Kier alpha value is -3.32. The summed E-state index contributed by atoms with van der Waals surface area (Å²) in [5, 5.41) is 2.75. The number of amides is 2. The predicted molar refractivity (Wildman–Crippen MR) is 104 cm³/mol. The molecule has 0 spiro atoms. The van der Waals surface area contributed by atoms with E-state index in [1.807, 2.05) is 24.3 Å². The van der Waals surface area contributed by atoms with Gasteiger partial charge in [0.1, 0.15) is 13.2 Å². The van der Waals surface area contributed by atoms with E-state index in [0.717, 1.165) is 16.2 Å². The standard InChI is InChI=1S/C20H16N2O4S/c21-19(23)13-3-1-2-4-14(13)22-20(24)18-8-7-17(27-18)12-5-6-15-16(11-12)26-10-9-25-15/h1-8,11H,9-10H2,(H2,21,23)(H,22,24). The summed E-state index contributed by atoms with van der Waals surface area (Å²) in [5.74, 6) is 0.544. The minimum absolute atomic E-state index is 0.273. The lowest BCUT2D eigenvalue weighted by Gasteiger charge is -2.18. The molecule has 0 atom stereocenters. The summed E-state index contributed by atoms with van der Waals surface area (Å²) in [7, 11) is 0. The van der Waals surface area contributed by atoms with Crippen LogP contribution in [0.5, 0.6) is 11.5 Å². The zero-order valence-electron chi connectivity index (χ0n) is 14.2. The fourth-order valence-corrected chi connectivity index (χ4v) is 3.70. The van der Waals surface area contributed by atoms with Crippen LogP contribution in [0.15, 0.2) is 54.6 Å². The van der Waals surface area contributed by atoms with Crippen molar-refractivity contribution in [2.24, 2.45) is 5.73 Å². The first-order valence-electron chi connectivity index (χ1n) is 8.32. The minimum atomic E-state index is -0.589. The summed E-state index contributed by atoms with van der Waals surface area (Å²) >= 11 is 1.35. The Kier molecular flexibility index (Phi) is 4.52. The number of nitrogens with two attached hydrogens (primary N) is 1. The van der Waals surface area contributed by atoms with Gasteiger partial charge in [-0.1, -0.05) is 12.1 Å². The summed E-state index contributed by atoms with van der Waals surface area (Å²) < 4.78 is 11.1. The number of carbonyl (C=O) groups excluding carboxylic acids is 2. The molecule has 1 aromatic heterocycles. The number of benzene rings is 2. The number of fused-ring (bicyclic) bond motifs is 1. The van der Waals surface area contributed by atoms with Crippen LogP contribution in [0.3, 0.4) is 0 Å². The van der Waals surface area contributed by atoms with Crippen molar-refractivity contribution in [1.82, 2.24) is 0 Å². The molecule has 6 nitrogen and oxygen atoms in total. The molecule has 0 aliphatic carbocycles. The van der Waals surface area contributed by atoms with E-state index in [-0.39, 0.29) is 11.5 Å². The molecule has 0 fully saturated rings. The molecule has 1 aliphatic rings. The highest BCUT2D eigenvalue weighted by atomic mass is 32.1. The van der Waals surface area contributed by atoms with Gasteiger partial charge in [0.15, 0.2) is 11.5 Å². The van der Waals surface area contributed by atoms with E-state index in [9.17, 15) is 9.59 Å². The highest BCUT2D eigenvalue weighted by Gasteiger charge is 2.16. The van der Waals surface area contributed by atoms with Gasteiger partial charge in [0, 0.05) is 4.88 Å². The summed E-state index contributed by atoms with van der Waals surface area (Å²) in [4.78, 5) is 25.5. The maximum atomic E-state index is 12.6. The molecular weight excluding hydrogens is 364 g/mol. The number of ether oxygens (including phenoxy) is 2. The monoisotopic (exact) mass is 380 g/mol. The Morgan fingerprint density at radius 1 is 0.963 bits per heavy atom. The minimum Gasteiger partial charge on any atom is -0.486 e. The number of anilines is 1. The molecule has 0 saturated carbocycles. The van der Waals surface area contributed by atoms with Gasteiger partial charge in [-0.15, -0.1) is 11.3 Å². The quantitative estimate of drug-likeness (QED) is 0.724. The first-order valence-corrected chi connectivity index (χ1v) is 9.13. The van der Waals surface area contributed by atoms with Crippen molar-refractivity contribution >= 4 is 28.8 Å². The average Bonchev–Trinajstić information content (AvgIpc) is 3.18. The van der Waals surface area contributed by atoms with Crippen LogP contribution < -0.4 is 20.5 Å². The van der Waals surface area contributed by atoms with Crippen LogP contribution in [-0.2, 0) is 0 Å². The van der Waals surface area contributed by atoms with Gasteiger partial charge in [-0.25, -0.2) is 0 Å². The van der Waals surface area contributed by atoms with Crippen molar-refractivity contribution < 1.29 is 19.1 Å². The molecule has 3 aromatic rings. The first-order chi connectivity index (χ1) is 13.1. The Labute approximate surface area is 159 Å². The van der Waals surface area contributed by atoms with Gasteiger partial charge < -0.3 is 20.5 Å². The second-order valence-electron chi connectivity index (χ2n) is 5.89. The van der Waals surface area contributed by atoms with Crippen LogP contribution in [0.4, 0.5) is 5.69 Å². The fourth-order valence-electron chi connectivity index (χ4n) is 2.80. The summed E-state index contributed by atoms with van der Waals surface area (Å²) in [5.41, 5.74) is 6.97. The van der Waals surface area contributed by atoms with Crippen LogP contribution in [0.1, 0.15) is 20.0 Å². The predicted octanol–water partition coefficient (Wildman–Crippen LogP) is 3.54. The fraction of sp³-hybridized carbons (Fsp3) is 0.100. The van der Waals surface area contributed by atoms with Gasteiger partial charge in [0.25, 0.3) is 11.8 Å². The van der Waals surface area contributed by atoms with Gasteiger partial charge in [-0.05, 0) is 48.0 Å². The van der Waals surface area contributed by atoms with E-state index in [4.69, 9.17) is 15.2 Å². The van der Waals surface area contributed by atoms with Gasteiger partial charge in [-0.3, -0.25) is 9.59 Å². The maximum absolute atomic E-state index is 12.6. The molecule has 1 aliphatic heterocycles. The van der Waals surface area contributed by atoms with Crippen molar-refractivity contribution in [3.63, 3.8) is 0 Å². The van der Waals surface area contributed by atoms with Crippen molar-refractivity contribution in [3.05, 3.63) is 65.0 Å². The summed E-state index contributed by atoms with van der Waals surface area (Å²) in [6.45, 7) is 1.07. The molecular formula is C20H16N2O4S. The third kappa shape index (κ3) is 3.50. The first kappa shape index (κ1) is 17.1. The molecule has 2 aromatic carbocycles. The van der Waals surface area contributed by atoms with E-state index >= 15 is 0 Å². The largest absolute Gasteiger partial charge is 0.486 e. The van der Waals surface area contributed by atoms with E-state index in [1.54, 1.807) is 30.3 Å². The third-order valence-corrected chi connectivity index (χ3v) is 5.23. The number of nitrogens with one attached hydrogen (secondary N) is 1. The van der Waals surface area contributed by atoms with E-state index in [2.05, 4.69) is 5.32 Å². The average molecular weight is 380 g/mol. The lowest BCUT2D eigenvalue weighted by atomic mass is 10.1. The van der Waals surface area contributed by atoms with Gasteiger partial charge in [0.2, 0.25) is 0 Å².